The fourth-order valence-electron chi connectivity index (χ4n) is 2.27. The normalized spacial score (nSPS) is 23.5. The summed E-state index contributed by atoms with van der Waals surface area (Å²) in [7, 11) is 0. The summed E-state index contributed by atoms with van der Waals surface area (Å²) in [4.78, 5) is 8.27. The lowest BCUT2D eigenvalue weighted by Crippen LogP contribution is -2.27. The van der Waals surface area contributed by atoms with Crippen molar-refractivity contribution in [2.45, 2.75) is 45.1 Å². The van der Waals surface area contributed by atoms with Gasteiger partial charge in [0, 0.05) is 35.5 Å². The van der Waals surface area contributed by atoms with Gasteiger partial charge in [-0.05, 0) is 26.8 Å². The fraction of sp³-hybridized carbons (Fsp3) is 0.769. The van der Waals surface area contributed by atoms with Gasteiger partial charge >= 0.3 is 0 Å². The summed E-state index contributed by atoms with van der Waals surface area (Å²) in [5.74, 6) is 0.825. The van der Waals surface area contributed by atoms with Gasteiger partial charge in [-0.1, -0.05) is 6.92 Å². The second-order valence-electron chi connectivity index (χ2n) is 5.26. The number of likely N-dealkylation sites (tertiary alicyclic amines) is 1. The van der Waals surface area contributed by atoms with E-state index in [0.29, 0.717) is 12.0 Å². The number of hydrogen-bond donors (Lipinski definition) is 1. The van der Waals surface area contributed by atoms with Gasteiger partial charge in [-0.15, -0.1) is 11.3 Å². The van der Waals surface area contributed by atoms with Gasteiger partial charge < -0.3 is 10.0 Å². The van der Waals surface area contributed by atoms with Gasteiger partial charge in [0.15, 0.2) is 0 Å². The zero-order chi connectivity index (χ0) is 12.4. The van der Waals surface area contributed by atoms with Crippen LogP contribution in [0, 0.1) is 0 Å². The number of aliphatic hydroxyl groups excluding tert-OH is 1. The van der Waals surface area contributed by atoms with Crippen molar-refractivity contribution in [2.75, 3.05) is 19.7 Å². The van der Waals surface area contributed by atoms with Gasteiger partial charge in [-0.2, -0.15) is 0 Å². The number of nitrogens with zero attached hydrogens (tertiary/aromatic N) is 2. The highest BCUT2D eigenvalue weighted by molar-refractivity contribution is 7.11. The molecule has 1 aliphatic rings. The first kappa shape index (κ1) is 13.0. The van der Waals surface area contributed by atoms with Gasteiger partial charge in [-0.25, -0.2) is 4.98 Å². The van der Waals surface area contributed by atoms with E-state index in [1.807, 2.05) is 13.1 Å². The quantitative estimate of drug-likeness (QED) is 0.896. The Morgan fingerprint density at radius 1 is 1.53 bits per heavy atom. The second-order valence-corrected chi connectivity index (χ2v) is 6.35. The summed E-state index contributed by atoms with van der Waals surface area (Å²) >= 11 is 1.78. The Bertz CT molecular complexity index is 364. The highest BCUT2D eigenvalue weighted by atomic mass is 32.1. The highest BCUT2D eigenvalue weighted by Gasteiger charge is 2.27. The minimum absolute atomic E-state index is 0.213. The van der Waals surface area contributed by atoms with Crippen LogP contribution in [-0.4, -0.2) is 40.7 Å². The molecule has 0 saturated carbocycles. The molecule has 2 rings (SSSR count). The van der Waals surface area contributed by atoms with Gasteiger partial charge in [-0.3, -0.25) is 0 Å². The molecule has 1 aromatic heterocycles. The monoisotopic (exact) mass is 254 g/mol. The van der Waals surface area contributed by atoms with E-state index < -0.39 is 0 Å². The summed E-state index contributed by atoms with van der Waals surface area (Å²) in [6.45, 7) is 9.09. The van der Waals surface area contributed by atoms with E-state index in [2.05, 4.69) is 23.7 Å². The van der Waals surface area contributed by atoms with Gasteiger partial charge in [0.05, 0.1) is 11.6 Å². The van der Waals surface area contributed by atoms with Crippen LogP contribution in [-0.2, 0) is 0 Å². The van der Waals surface area contributed by atoms with Crippen LogP contribution >= 0.6 is 11.3 Å². The molecule has 1 aliphatic heterocycles. The first-order valence-corrected chi connectivity index (χ1v) is 7.24. The molecular formula is C13H22N2OS. The molecule has 4 heteroatoms. The molecule has 2 atom stereocenters. The van der Waals surface area contributed by atoms with Crippen molar-refractivity contribution >= 4 is 11.3 Å². The molecule has 0 bridgehead atoms. The number of thiazole rings is 1. The molecule has 1 saturated heterocycles. The molecule has 96 valence electrons. The molecule has 1 aromatic rings. The molecule has 1 fully saturated rings. The zero-order valence-electron chi connectivity index (χ0n) is 10.9. The van der Waals surface area contributed by atoms with E-state index >= 15 is 0 Å². The molecule has 0 radical (unpaired) electrons. The lowest BCUT2D eigenvalue weighted by molar-refractivity contribution is 0.272. The highest BCUT2D eigenvalue weighted by Crippen LogP contribution is 2.33. The third kappa shape index (κ3) is 2.87. The molecule has 2 heterocycles. The molecule has 17 heavy (non-hydrogen) atoms. The Morgan fingerprint density at radius 3 is 2.88 bits per heavy atom. The molecule has 0 amide bonds. The lowest BCUT2D eigenvalue weighted by atomic mass is 10.1. The third-order valence-electron chi connectivity index (χ3n) is 3.60. The van der Waals surface area contributed by atoms with Crippen molar-refractivity contribution in [1.82, 2.24) is 9.88 Å². The Morgan fingerprint density at radius 2 is 2.29 bits per heavy atom. The predicted octanol–water partition coefficient (Wildman–Crippen LogP) is 2.44. The first-order valence-electron chi connectivity index (χ1n) is 6.42. The van der Waals surface area contributed by atoms with Crippen molar-refractivity contribution in [3.05, 3.63) is 16.1 Å². The molecule has 0 spiro atoms. The number of aromatic nitrogens is 1. The predicted molar refractivity (Wildman–Crippen MR) is 71.7 cm³/mol. The largest absolute Gasteiger partial charge is 0.396 e. The van der Waals surface area contributed by atoms with Gasteiger partial charge in [0.25, 0.3) is 0 Å². The van der Waals surface area contributed by atoms with Crippen molar-refractivity contribution < 1.29 is 5.11 Å². The molecule has 0 aromatic carbocycles. The van der Waals surface area contributed by atoms with E-state index in [0.717, 1.165) is 6.54 Å². The summed E-state index contributed by atoms with van der Waals surface area (Å²) in [5, 5.41) is 10.4. The van der Waals surface area contributed by atoms with E-state index in [9.17, 15) is 0 Å². The Balaban J connectivity index is 2.02. The minimum Gasteiger partial charge on any atom is -0.396 e. The molecule has 3 nitrogen and oxygen atoms in total. The summed E-state index contributed by atoms with van der Waals surface area (Å²) in [5.41, 5.74) is 0. The van der Waals surface area contributed by atoms with Crippen LogP contribution in [0.1, 0.15) is 48.9 Å². The van der Waals surface area contributed by atoms with Crippen LogP contribution in [0.3, 0.4) is 0 Å². The number of hydrogen-bond acceptors (Lipinski definition) is 4. The smallest absolute Gasteiger partial charge is 0.0971 e. The topological polar surface area (TPSA) is 36.4 Å². The van der Waals surface area contributed by atoms with Crippen molar-refractivity contribution in [3.8, 4) is 0 Å². The Kier molecular flexibility index (Phi) is 4.17. The van der Waals surface area contributed by atoms with E-state index in [-0.39, 0.29) is 12.5 Å². The van der Waals surface area contributed by atoms with E-state index in [1.165, 1.54) is 22.9 Å². The molecule has 0 aliphatic carbocycles. The minimum atomic E-state index is 0.213. The molecule has 1 N–H and O–H groups in total. The van der Waals surface area contributed by atoms with Crippen LogP contribution in [0.2, 0.25) is 0 Å². The third-order valence-corrected chi connectivity index (χ3v) is 4.99. The second kappa shape index (κ2) is 5.46. The fourth-order valence-corrected chi connectivity index (χ4v) is 3.35. The van der Waals surface area contributed by atoms with Crippen LogP contribution < -0.4 is 0 Å². The SMILES string of the molecule is CC(CO)c1cnc(C2CCN(C(C)C)C2)s1. The first-order chi connectivity index (χ1) is 8.11. The van der Waals surface area contributed by atoms with Crippen molar-refractivity contribution in [1.29, 1.82) is 0 Å². The van der Waals surface area contributed by atoms with Gasteiger partial charge in [0.1, 0.15) is 0 Å². The Labute approximate surface area is 107 Å². The number of rotatable bonds is 4. The van der Waals surface area contributed by atoms with Crippen LogP contribution in [0.15, 0.2) is 6.20 Å². The summed E-state index contributed by atoms with van der Waals surface area (Å²) in [6, 6.07) is 0.635. The maximum atomic E-state index is 9.15. The standard InChI is InChI=1S/C13H22N2OS/c1-9(2)15-5-4-11(7-15)13-14-6-12(17-13)10(3)8-16/h6,9-11,16H,4-5,7-8H2,1-3H3. The van der Waals surface area contributed by atoms with Crippen LogP contribution in [0.5, 0.6) is 0 Å². The maximum absolute atomic E-state index is 9.15. The van der Waals surface area contributed by atoms with Crippen LogP contribution in [0.4, 0.5) is 0 Å². The van der Waals surface area contributed by atoms with Crippen molar-refractivity contribution in [2.24, 2.45) is 0 Å². The zero-order valence-corrected chi connectivity index (χ0v) is 11.7. The maximum Gasteiger partial charge on any atom is 0.0971 e. The number of aliphatic hydroxyl groups is 1. The lowest BCUT2D eigenvalue weighted by Gasteiger charge is -2.19. The summed E-state index contributed by atoms with van der Waals surface area (Å²) < 4.78 is 0. The molecule has 2 unspecified atom stereocenters. The van der Waals surface area contributed by atoms with E-state index in [4.69, 9.17) is 5.11 Å². The van der Waals surface area contributed by atoms with E-state index in [1.54, 1.807) is 11.3 Å². The average molecular weight is 254 g/mol. The van der Waals surface area contributed by atoms with Gasteiger partial charge in [0.2, 0.25) is 0 Å². The summed E-state index contributed by atoms with van der Waals surface area (Å²) in [6.07, 6.45) is 3.16. The average Bonchev–Trinajstić information content (AvgIpc) is 2.95. The Hall–Kier alpha value is -0.450. The molecular weight excluding hydrogens is 232 g/mol. The van der Waals surface area contributed by atoms with Crippen molar-refractivity contribution in [3.63, 3.8) is 0 Å². The van der Waals surface area contributed by atoms with Crippen LogP contribution in [0.25, 0.3) is 0 Å².